The average Bonchev–Trinajstić information content (AvgIpc) is 3.09. The summed E-state index contributed by atoms with van der Waals surface area (Å²) in [6, 6.07) is 7.22. The summed E-state index contributed by atoms with van der Waals surface area (Å²) in [5.74, 6) is -0.748. The van der Waals surface area contributed by atoms with Crippen molar-refractivity contribution in [2.75, 3.05) is 5.32 Å². The fraction of sp³-hybridized carbons (Fsp3) is 0.250. The predicted molar refractivity (Wildman–Crippen MR) is 105 cm³/mol. The van der Waals surface area contributed by atoms with Gasteiger partial charge in [0.1, 0.15) is 11.6 Å². The van der Waals surface area contributed by atoms with E-state index in [-0.39, 0.29) is 17.2 Å². The molecule has 0 fully saturated rings. The van der Waals surface area contributed by atoms with Gasteiger partial charge in [0, 0.05) is 11.3 Å². The van der Waals surface area contributed by atoms with Crippen LogP contribution in [0.4, 0.5) is 20.3 Å². The van der Waals surface area contributed by atoms with Gasteiger partial charge in [-0.2, -0.15) is 4.39 Å². The molecule has 146 valence electrons. The van der Waals surface area contributed by atoms with Crippen LogP contribution in [0, 0.1) is 10.9 Å². The normalized spacial score (nSPS) is 10.9. The summed E-state index contributed by atoms with van der Waals surface area (Å²) in [6.07, 6.45) is 1.05. The van der Waals surface area contributed by atoms with E-state index >= 15 is 0 Å². The smallest absolute Gasteiger partial charge is 0.307 e. The Hall–Kier alpha value is -2.87. The van der Waals surface area contributed by atoms with Crippen molar-refractivity contribution < 1.29 is 18.7 Å². The van der Waals surface area contributed by atoms with E-state index in [1.165, 1.54) is 18.2 Å². The number of benzene rings is 1. The van der Waals surface area contributed by atoms with Crippen LogP contribution in [0.2, 0.25) is 0 Å². The van der Waals surface area contributed by atoms with Crippen molar-refractivity contribution >= 4 is 28.8 Å². The Morgan fingerprint density at radius 3 is 2.50 bits per heavy atom. The molecule has 0 atom stereocenters. The number of aryl methyl sites for hydroxylation is 1. The van der Waals surface area contributed by atoms with Crippen molar-refractivity contribution in [1.29, 1.82) is 0 Å². The van der Waals surface area contributed by atoms with E-state index in [0.717, 1.165) is 22.6 Å². The fourth-order valence-electron chi connectivity index (χ4n) is 2.91. The monoisotopic (exact) mass is 403 g/mol. The summed E-state index contributed by atoms with van der Waals surface area (Å²) in [5.41, 5.74) is 2.23. The van der Waals surface area contributed by atoms with Gasteiger partial charge in [-0.15, -0.1) is 11.3 Å². The number of rotatable bonds is 7. The molecule has 2 heterocycles. The largest absolute Gasteiger partial charge is 0.481 e. The molecule has 0 spiro atoms. The highest BCUT2D eigenvalue weighted by Gasteiger charge is 2.16. The van der Waals surface area contributed by atoms with E-state index in [9.17, 15) is 13.6 Å². The number of carboxylic acids is 1. The molecule has 0 saturated carbocycles. The molecule has 0 aliphatic rings. The second-order valence-corrected chi connectivity index (χ2v) is 7.18. The maximum atomic E-state index is 14.5. The molecule has 28 heavy (non-hydrogen) atoms. The molecule has 0 saturated heterocycles. The van der Waals surface area contributed by atoms with Crippen molar-refractivity contribution in [3.8, 4) is 10.7 Å². The number of aliphatic carboxylic acids is 1. The average molecular weight is 403 g/mol. The minimum atomic E-state index is -1.02. The van der Waals surface area contributed by atoms with Gasteiger partial charge >= 0.3 is 5.97 Å². The molecule has 1 aromatic carbocycles. The van der Waals surface area contributed by atoms with E-state index in [2.05, 4.69) is 15.3 Å². The minimum Gasteiger partial charge on any atom is -0.481 e. The lowest BCUT2D eigenvalue weighted by atomic mass is 10.1. The molecule has 0 aliphatic heterocycles. The number of carbonyl (C=O) groups is 1. The quantitative estimate of drug-likeness (QED) is 0.582. The summed E-state index contributed by atoms with van der Waals surface area (Å²) < 4.78 is 27.9. The highest BCUT2D eigenvalue weighted by molar-refractivity contribution is 7.13. The van der Waals surface area contributed by atoms with Gasteiger partial charge in [0.15, 0.2) is 11.0 Å². The van der Waals surface area contributed by atoms with Gasteiger partial charge in [-0.05, 0) is 42.7 Å². The van der Waals surface area contributed by atoms with Gasteiger partial charge in [0.2, 0.25) is 0 Å². The fourth-order valence-corrected chi connectivity index (χ4v) is 3.58. The molecule has 3 aromatic rings. The van der Waals surface area contributed by atoms with Crippen LogP contribution in [0.5, 0.6) is 0 Å². The highest BCUT2D eigenvalue weighted by Crippen LogP contribution is 2.30. The zero-order valence-corrected chi connectivity index (χ0v) is 16.2. The summed E-state index contributed by atoms with van der Waals surface area (Å²) in [4.78, 5) is 20.5. The number of nitrogens with one attached hydrogen (secondary N) is 1. The first-order valence-electron chi connectivity index (χ1n) is 8.84. The Kier molecular flexibility index (Phi) is 5.99. The second kappa shape index (κ2) is 8.43. The van der Waals surface area contributed by atoms with Crippen LogP contribution >= 0.6 is 11.3 Å². The SMILES string of the molecule is CCc1nc(-c2ccc(F)s2)nc(Nc2ccc(CC(=O)O)cc2F)c1CC. The Morgan fingerprint density at radius 1 is 1.14 bits per heavy atom. The van der Waals surface area contributed by atoms with Crippen molar-refractivity contribution in [2.24, 2.45) is 0 Å². The lowest BCUT2D eigenvalue weighted by molar-refractivity contribution is -0.136. The van der Waals surface area contributed by atoms with Gasteiger partial charge in [0.05, 0.1) is 17.0 Å². The molecule has 0 unspecified atom stereocenters. The molecule has 0 aliphatic carbocycles. The molecule has 0 amide bonds. The Balaban J connectivity index is 2.01. The van der Waals surface area contributed by atoms with Gasteiger partial charge in [-0.1, -0.05) is 19.9 Å². The first kappa shape index (κ1) is 19.9. The van der Waals surface area contributed by atoms with Gasteiger partial charge < -0.3 is 10.4 Å². The molecule has 0 radical (unpaired) electrons. The molecule has 2 N–H and O–H groups in total. The molecule has 0 bridgehead atoms. The Morgan fingerprint density at radius 2 is 1.93 bits per heavy atom. The van der Waals surface area contributed by atoms with Crippen LogP contribution in [-0.2, 0) is 24.1 Å². The van der Waals surface area contributed by atoms with Crippen molar-refractivity contribution in [3.63, 3.8) is 0 Å². The third kappa shape index (κ3) is 4.33. The second-order valence-electron chi connectivity index (χ2n) is 6.14. The molecule has 3 rings (SSSR count). The Labute approximate surface area is 165 Å². The van der Waals surface area contributed by atoms with Crippen molar-refractivity contribution in [3.05, 3.63) is 58.1 Å². The van der Waals surface area contributed by atoms with E-state index in [4.69, 9.17) is 5.11 Å². The molecular weight excluding hydrogens is 384 g/mol. The lowest BCUT2D eigenvalue weighted by Crippen LogP contribution is -2.08. The van der Waals surface area contributed by atoms with Gasteiger partial charge in [0.25, 0.3) is 0 Å². The van der Waals surface area contributed by atoms with E-state index in [1.807, 2.05) is 13.8 Å². The summed E-state index contributed by atoms with van der Waals surface area (Å²) in [7, 11) is 0. The van der Waals surface area contributed by atoms with E-state index < -0.39 is 11.8 Å². The van der Waals surface area contributed by atoms with Gasteiger partial charge in [-0.25, -0.2) is 14.4 Å². The van der Waals surface area contributed by atoms with Crippen LogP contribution < -0.4 is 5.32 Å². The Bertz CT molecular complexity index is 1020. The third-order valence-electron chi connectivity index (χ3n) is 4.22. The predicted octanol–water partition coefficient (Wildman–Crippen LogP) is 4.98. The number of anilines is 2. The van der Waals surface area contributed by atoms with Crippen LogP contribution in [0.25, 0.3) is 10.7 Å². The van der Waals surface area contributed by atoms with Crippen LogP contribution in [-0.4, -0.2) is 21.0 Å². The van der Waals surface area contributed by atoms with Crippen LogP contribution in [0.15, 0.2) is 30.3 Å². The third-order valence-corrected chi connectivity index (χ3v) is 5.09. The molecule has 8 heteroatoms. The topological polar surface area (TPSA) is 75.1 Å². The zero-order valence-electron chi connectivity index (χ0n) is 15.4. The van der Waals surface area contributed by atoms with Gasteiger partial charge in [-0.3, -0.25) is 4.79 Å². The van der Waals surface area contributed by atoms with E-state index in [0.29, 0.717) is 34.9 Å². The van der Waals surface area contributed by atoms with E-state index in [1.54, 1.807) is 12.1 Å². The zero-order chi connectivity index (χ0) is 20.3. The maximum absolute atomic E-state index is 14.5. The van der Waals surface area contributed by atoms with Crippen molar-refractivity contribution in [1.82, 2.24) is 9.97 Å². The first-order valence-corrected chi connectivity index (χ1v) is 9.65. The van der Waals surface area contributed by atoms with Crippen LogP contribution in [0.1, 0.15) is 30.7 Å². The van der Waals surface area contributed by atoms with Crippen molar-refractivity contribution in [2.45, 2.75) is 33.1 Å². The number of halogens is 2. The molecular formula is C20H19F2N3O2S. The summed E-state index contributed by atoms with van der Waals surface area (Å²) in [5, 5.41) is 11.5. The minimum absolute atomic E-state index is 0.188. The lowest BCUT2D eigenvalue weighted by Gasteiger charge is -2.15. The molecule has 2 aromatic heterocycles. The first-order chi connectivity index (χ1) is 13.4. The number of hydrogen-bond donors (Lipinski definition) is 2. The maximum Gasteiger partial charge on any atom is 0.307 e. The van der Waals surface area contributed by atoms with Crippen LogP contribution in [0.3, 0.4) is 0 Å². The number of nitrogens with zero attached hydrogens (tertiary/aromatic N) is 2. The number of aromatic nitrogens is 2. The standard InChI is InChI=1S/C20H19F2N3O2S/c1-3-12-14(4-2)23-20(16-7-8-17(22)28-16)25-19(12)24-15-6-5-11(9-13(15)21)10-18(26)27/h5-9H,3-4,10H2,1-2H3,(H,26,27)(H,23,24,25). The summed E-state index contributed by atoms with van der Waals surface area (Å²) in [6.45, 7) is 3.92. The summed E-state index contributed by atoms with van der Waals surface area (Å²) >= 11 is 0.950. The molecule has 5 nitrogen and oxygen atoms in total. The number of carboxylic acid groups (broad SMARTS) is 1. The number of hydrogen-bond acceptors (Lipinski definition) is 5. The number of thiophene rings is 1. The highest BCUT2D eigenvalue weighted by atomic mass is 32.1.